The Morgan fingerprint density at radius 3 is 2.60 bits per heavy atom. The number of hydrogen-bond donors (Lipinski definition) is 1. The van der Waals surface area contributed by atoms with Crippen LogP contribution in [0.15, 0.2) is 10.7 Å². The van der Waals surface area contributed by atoms with E-state index in [0.29, 0.717) is 5.89 Å². The number of hydrogen-bond acceptors (Lipinski definition) is 3. The largest absolute Gasteiger partial charge is 0.476 e. The number of carbonyl (C=O) groups is 1. The van der Waals surface area contributed by atoms with Crippen molar-refractivity contribution in [1.82, 2.24) is 4.98 Å². The van der Waals surface area contributed by atoms with Crippen molar-refractivity contribution in [2.45, 2.75) is 14.4 Å². The maximum absolute atomic E-state index is 10.1. The molecule has 0 aliphatic carbocycles. The van der Waals surface area contributed by atoms with Gasteiger partial charge < -0.3 is 9.52 Å². The molecule has 10 heavy (non-hydrogen) atoms. The Bertz CT molecular complexity index is 229. The molecular weight excluding hydrogens is 134 g/mol. The third-order valence-corrected chi connectivity index (χ3v) is 0.838. The van der Waals surface area contributed by atoms with Crippen molar-refractivity contribution in [3.63, 3.8) is 0 Å². The number of nitrogens with zero attached hydrogens (tertiary/aromatic N) is 1. The molecule has 1 heterocycles. The first kappa shape index (κ1) is 8.68. The Morgan fingerprint density at radius 2 is 2.40 bits per heavy atom. The number of aromatic nitrogens is 1. The van der Waals surface area contributed by atoms with Gasteiger partial charge in [-0.25, -0.2) is 9.78 Å². The molecule has 0 bridgehead atoms. The Morgan fingerprint density at radius 1 is 1.80 bits per heavy atom. The molecule has 0 fully saturated rings. The average molecular weight is 143 g/mol. The second kappa shape index (κ2) is 3.00. The summed E-state index contributed by atoms with van der Waals surface area (Å²) in [5.74, 6) is -0.695. The van der Waals surface area contributed by atoms with Gasteiger partial charge in [-0.3, -0.25) is 0 Å². The summed E-state index contributed by atoms with van der Waals surface area (Å²) >= 11 is 0. The molecule has 0 aromatic carbocycles. The van der Waals surface area contributed by atoms with E-state index in [-0.39, 0.29) is 13.1 Å². The number of carboxylic acid groups (broad SMARTS) is 1. The van der Waals surface area contributed by atoms with Crippen LogP contribution in [-0.2, 0) is 0 Å². The van der Waals surface area contributed by atoms with Gasteiger partial charge in [0.15, 0.2) is 11.6 Å². The lowest BCUT2D eigenvalue weighted by Crippen LogP contribution is -1.95. The smallest absolute Gasteiger partial charge is 0.357 e. The Hall–Kier alpha value is -1.32. The van der Waals surface area contributed by atoms with Crippen LogP contribution in [0.3, 0.4) is 0 Å². The van der Waals surface area contributed by atoms with Crippen molar-refractivity contribution in [3.05, 3.63) is 17.8 Å². The maximum Gasteiger partial charge on any atom is 0.357 e. The van der Waals surface area contributed by atoms with Crippen LogP contribution in [0.1, 0.15) is 23.8 Å². The van der Waals surface area contributed by atoms with Crippen molar-refractivity contribution < 1.29 is 14.3 Å². The van der Waals surface area contributed by atoms with E-state index < -0.39 is 5.97 Å². The van der Waals surface area contributed by atoms with E-state index in [9.17, 15) is 4.79 Å². The topological polar surface area (TPSA) is 63.3 Å². The van der Waals surface area contributed by atoms with Crippen LogP contribution in [0.4, 0.5) is 0 Å². The summed E-state index contributed by atoms with van der Waals surface area (Å²) in [5, 5.41) is 8.28. The lowest BCUT2D eigenvalue weighted by molar-refractivity contribution is 0.0690. The number of aromatic carboxylic acids is 1. The fraction of sp³-hybridized carbons (Fsp3) is 0.333. The van der Waals surface area contributed by atoms with E-state index in [1.807, 2.05) is 0 Å². The van der Waals surface area contributed by atoms with Crippen LogP contribution in [0.25, 0.3) is 0 Å². The van der Waals surface area contributed by atoms with Gasteiger partial charge in [-0.15, -0.1) is 0 Å². The standard InChI is InChI=1S/C5H5NO3.CH4/c1-3-6-4(2-9-3)5(7)8;/h2H,1H3,(H,7,8);1H4. The third kappa shape index (κ3) is 1.58. The molecule has 1 N–H and O–H groups in total. The number of aryl methyl sites for hydroxylation is 1. The number of oxazole rings is 1. The van der Waals surface area contributed by atoms with Crippen LogP contribution in [0, 0.1) is 6.92 Å². The van der Waals surface area contributed by atoms with E-state index in [1.54, 1.807) is 6.92 Å². The van der Waals surface area contributed by atoms with E-state index in [0.717, 1.165) is 6.26 Å². The van der Waals surface area contributed by atoms with Crippen molar-refractivity contribution >= 4 is 5.97 Å². The van der Waals surface area contributed by atoms with Crippen LogP contribution >= 0.6 is 0 Å². The summed E-state index contributed by atoms with van der Waals surface area (Å²) in [6.45, 7) is 1.59. The monoisotopic (exact) mass is 143 g/mol. The molecule has 0 amide bonds. The van der Waals surface area contributed by atoms with Crippen molar-refractivity contribution in [2.24, 2.45) is 0 Å². The summed E-state index contributed by atoms with van der Waals surface area (Å²) in [5.41, 5.74) is -0.0486. The molecule has 1 aromatic heterocycles. The van der Waals surface area contributed by atoms with Gasteiger partial charge in [-0.05, 0) is 0 Å². The first-order valence-electron chi connectivity index (χ1n) is 2.35. The van der Waals surface area contributed by atoms with Crippen LogP contribution in [0.2, 0.25) is 0 Å². The van der Waals surface area contributed by atoms with Gasteiger partial charge in [0.2, 0.25) is 0 Å². The Labute approximate surface area is 58.5 Å². The highest BCUT2D eigenvalue weighted by Gasteiger charge is 2.05. The van der Waals surface area contributed by atoms with Crippen molar-refractivity contribution in [2.75, 3.05) is 0 Å². The van der Waals surface area contributed by atoms with Gasteiger partial charge >= 0.3 is 5.97 Å². The van der Waals surface area contributed by atoms with Crippen molar-refractivity contribution in [3.8, 4) is 0 Å². The third-order valence-electron chi connectivity index (χ3n) is 0.838. The molecule has 0 atom stereocenters. The molecule has 1 aromatic rings. The highest BCUT2D eigenvalue weighted by Crippen LogP contribution is 1.98. The lowest BCUT2D eigenvalue weighted by atomic mass is 10.5. The molecule has 0 saturated carbocycles. The summed E-state index contributed by atoms with van der Waals surface area (Å²) in [4.78, 5) is 13.6. The fourth-order valence-corrected chi connectivity index (χ4v) is 0.462. The minimum absolute atomic E-state index is 0. The Kier molecular flexibility index (Phi) is 2.61. The van der Waals surface area contributed by atoms with Gasteiger partial charge in [-0.2, -0.15) is 0 Å². The minimum atomic E-state index is -1.06. The van der Waals surface area contributed by atoms with Crippen LogP contribution < -0.4 is 0 Å². The molecule has 56 valence electrons. The molecule has 0 aliphatic rings. The van der Waals surface area contributed by atoms with E-state index >= 15 is 0 Å². The fourth-order valence-electron chi connectivity index (χ4n) is 0.462. The molecule has 4 heteroatoms. The van der Waals surface area contributed by atoms with Gasteiger partial charge in [0.1, 0.15) is 6.26 Å². The van der Waals surface area contributed by atoms with Crippen molar-refractivity contribution in [1.29, 1.82) is 0 Å². The average Bonchev–Trinajstić information content (AvgIpc) is 2.14. The number of rotatable bonds is 1. The predicted octanol–water partition coefficient (Wildman–Crippen LogP) is 1.32. The van der Waals surface area contributed by atoms with Crippen LogP contribution in [-0.4, -0.2) is 16.1 Å². The SMILES string of the molecule is C.Cc1nc(C(=O)O)co1. The molecule has 0 saturated heterocycles. The maximum atomic E-state index is 10.1. The van der Waals surface area contributed by atoms with E-state index in [2.05, 4.69) is 9.40 Å². The molecular formula is C6H9NO3. The van der Waals surface area contributed by atoms with Gasteiger partial charge in [0.25, 0.3) is 0 Å². The van der Waals surface area contributed by atoms with Gasteiger partial charge in [0.05, 0.1) is 0 Å². The molecule has 1 rings (SSSR count). The van der Waals surface area contributed by atoms with E-state index in [1.165, 1.54) is 0 Å². The Balaban J connectivity index is 0.000000810. The summed E-state index contributed by atoms with van der Waals surface area (Å²) in [7, 11) is 0. The zero-order chi connectivity index (χ0) is 6.85. The highest BCUT2D eigenvalue weighted by molar-refractivity contribution is 5.84. The molecule has 0 unspecified atom stereocenters. The minimum Gasteiger partial charge on any atom is -0.476 e. The second-order valence-electron chi connectivity index (χ2n) is 1.56. The number of carboxylic acids is 1. The van der Waals surface area contributed by atoms with Crippen LogP contribution in [0.5, 0.6) is 0 Å². The highest BCUT2D eigenvalue weighted by atomic mass is 16.4. The zero-order valence-electron chi connectivity index (χ0n) is 4.79. The first-order chi connectivity index (χ1) is 4.20. The predicted molar refractivity (Wildman–Crippen MR) is 34.9 cm³/mol. The molecule has 0 radical (unpaired) electrons. The first-order valence-corrected chi connectivity index (χ1v) is 2.35. The lowest BCUT2D eigenvalue weighted by Gasteiger charge is -1.76. The summed E-state index contributed by atoms with van der Waals surface area (Å²) in [6, 6.07) is 0. The quantitative estimate of drug-likeness (QED) is 0.643. The van der Waals surface area contributed by atoms with Gasteiger partial charge in [-0.1, -0.05) is 7.43 Å². The van der Waals surface area contributed by atoms with Gasteiger partial charge in [0, 0.05) is 6.92 Å². The second-order valence-corrected chi connectivity index (χ2v) is 1.56. The summed E-state index contributed by atoms with van der Waals surface area (Å²) < 4.78 is 4.63. The normalized spacial score (nSPS) is 8.50. The summed E-state index contributed by atoms with van der Waals surface area (Å²) in [6.07, 6.45) is 1.11. The molecule has 0 spiro atoms. The molecule has 0 aliphatic heterocycles. The molecule has 4 nitrogen and oxygen atoms in total. The van der Waals surface area contributed by atoms with E-state index in [4.69, 9.17) is 5.11 Å². The zero-order valence-corrected chi connectivity index (χ0v) is 4.79.